The van der Waals surface area contributed by atoms with Gasteiger partial charge in [-0.25, -0.2) is 13.8 Å². The summed E-state index contributed by atoms with van der Waals surface area (Å²) in [6.45, 7) is 2.94. The Hall–Kier alpha value is -3.65. The number of nitrogens with zero attached hydrogens (tertiary/aromatic N) is 4. The first-order valence-corrected chi connectivity index (χ1v) is 12.6. The summed E-state index contributed by atoms with van der Waals surface area (Å²) in [5, 5.41) is 20.7. The van der Waals surface area contributed by atoms with Crippen LogP contribution in [0.4, 0.5) is 21.6 Å². The van der Waals surface area contributed by atoms with Crippen LogP contribution in [-0.4, -0.2) is 27.3 Å². The van der Waals surface area contributed by atoms with Crippen molar-refractivity contribution >= 4 is 51.4 Å². The molecule has 2 N–H and O–H groups in total. The Labute approximate surface area is 224 Å². The van der Waals surface area contributed by atoms with Crippen LogP contribution in [0.15, 0.2) is 57.8 Å². The molecule has 3 aromatic rings. The molecule has 1 fully saturated rings. The summed E-state index contributed by atoms with van der Waals surface area (Å²) in [5.41, 5.74) is 0.103. The van der Waals surface area contributed by atoms with Crippen molar-refractivity contribution in [2.75, 3.05) is 22.7 Å². The Kier molecular flexibility index (Phi) is 6.31. The predicted molar refractivity (Wildman–Crippen MR) is 148 cm³/mol. The second kappa shape index (κ2) is 9.34. The number of amides is 1. The molecular formula is C25H23FIN6O4-. The molecule has 10 nitrogen and oxygen atoms in total. The maximum atomic E-state index is 15.2. The highest BCUT2D eigenvalue weighted by Crippen LogP contribution is 2.38. The standard InChI is InChI=1S/C25H23FIN6O4/c1-13-22(29-17-6-4-5-16(12-17)28-14(2)34)21-23(30(3)33(13)37)32(20-10-7-15(27)11-19(20)26)25(36)31(24(21)35)18-8-9-18/h4-7,10-12,18,29H,8-9H2,1-3H3,(H,28,34)/q-1. The van der Waals surface area contributed by atoms with Gasteiger partial charge in [0.1, 0.15) is 11.4 Å². The van der Waals surface area contributed by atoms with Gasteiger partial charge in [-0.05, 0) is 78.8 Å². The summed E-state index contributed by atoms with van der Waals surface area (Å²) in [6.07, 6.45) is 1.30. The Morgan fingerprint density at radius 3 is 2.49 bits per heavy atom. The van der Waals surface area contributed by atoms with E-state index in [0.29, 0.717) is 33.0 Å². The van der Waals surface area contributed by atoms with Crippen LogP contribution in [0.2, 0.25) is 0 Å². The highest BCUT2D eigenvalue weighted by atomic mass is 127. The fourth-order valence-corrected chi connectivity index (χ4v) is 4.89. The number of allylic oxidation sites excluding steroid dienone is 1. The topological polar surface area (TPSA) is 115 Å². The summed E-state index contributed by atoms with van der Waals surface area (Å²) in [5.74, 6) is -0.959. The summed E-state index contributed by atoms with van der Waals surface area (Å²) in [7, 11) is 1.42. The molecule has 12 heteroatoms. The number of hydrogen-bond donors (Lipinski definition) is 2. The third-order valence-corrected chi connectivity index (χ3v) is 6.93. The number of fused-ring (bicyclic) bond motifs is 1. The highest BCUT2D eigenvalue weighted by molar-refractivity contribution is 14.1. The molecule has 1 aliphatic heterocycles. The molecule has 0 saturated heterocycles. The van der Waals surface area contributed by atoms with Crippen LogP contribution in [0, 0.1) is 14.6 Å². The van der Waals surface area contributed by atoms with E-state index in [1.54, 1.807) is 37.3 Å². The van der Waals surface area contributed by atoms with Crippen LogP contribution in [0.5, 0.6) is 0 Å². The Balaban J connectivity index is 1.78. The highest BCUT2D eigenvalue weighted by Gasteiger charge is 2.36. The number of hydroxylamine groups is 1. The molecule has 0 unspecified atom stereocenters. The van der Waals surface area contributed by atoms with E-state index in [9.17, 15) is 19.6 Å². The maximum Gasteiger partial charge on any atom is 0.337 e. The molecule has 2 aromatic carbocycles. The van der Waals surface area contributed by atoms with Crippen LogP contribution < -0.4 is 26.9 Å². The minimum absolute atomic E-state index is 0.0480. The first-order chi connectivity index (χ1) is 17.6. The van der Waals surface area contributed by atoms with Gasteiger partial charge in [0.2, 0.25) is 5.91 Å². The van der Waals surface area contributed by atoms with Gasteiger partial charge in [0.05, 0.1) is 11.4 Å². The molecule has 0 bridgehead atoms. The molecule has 37 heavy (non-hydrogen) atoms. The van der Waals surface area contributed by atoms with Crippen molar-refractivity contribution in [2.24, 2.45) is 0 Å². The number of hydrazine groups is 1. The zero-order valence-corrected chi connectivity index (χ0v) is 22.4. The molecule has 5 rings (SSSR count). The van der Waals surface area contributed by atoms with Crippen LogP contribution in [-0.2, 0) is 4.79 Å². The van der Waals surface area contributed by atoms with E-state index in [1.165, 1.54) is 26.1 Å². The van der Waals surface area contributed by atoms with E-state index in [2.05, 4.69) is 10.6 Å². The van der Waals surface area contributed by atoms with Crippen LogP contribution >= 0.6 is 22.6 Å². The third-order valence-electron chi connectivity index (χ3n) is 6.26. The van der Waals surface area contributed by atoms with Gasteiger partial charge in [0.25, 0.3) is 5.56 Å². The molecular weight excluding hydrogens is 594 g/mol. The molecule has 2 heterocycles. The first kappa shape index (κ1) is 25.0. The summed E-state index contributed by atoms with van der Waals surface area (Å²) >= 11 is 1.97. The summed E-state index contributed by atoms with van der Waals surface area (Å²) < 4.78 is 18.1. The lowest BCUT2D eigenvalue weighted by Gasteiger charge is -2.46. The van der Waals surface area contributed by atoms with Gasteiger partial charge < -0.3 is 21.0 Å². The molecule has 1 amide bonds. The summed E-state index contributed by atoms with van der Waals surface area (Å²) in [4.78, 5) is 39.0. The Morgan fingerprint density at radius 2 is 1.84 bits per heavy atom. The molecule has 192 valence electrons. The zero-order chi connectivity index (χ0) is 26.6. The molecule has 0 radical (unpaired) electrons. The smallest absolute Gasteiger partial charge is 0.337 e. The van der Waals surface area contributed by atoms with Crippen LogP contribution in [0.3, 0.4) is 0 Å². The number of rotatable bonds is 5. The lowest BCUT2D eigenvalue weighted by Crippen LogP contribution is -2.49. The Bertz CT molecular complexity index is 1590. The fraction of sp³-hybridized carbons (Fsp3) is 0.240. The molecule has 1 saturated carbocycles. The normalized spacial score (nSPS) is 15.1. The van der Waals surface area contributed by atoms with E-state index in [4.69, 9.17) is 0 Å². The number of benzene rings is 2. The van der Waals surface area contributed by atoms with Crippen molar-refractivity contribution in [3.8, 4) is 5.69 Å². The molecule has 0 atom stereocenters. The van der Waals surface area contributed by atoms with Gasteiger partial charge >= 0.3 is 5.69 Å². The lowest BCUT2D eigenvalue weighted by molar-refractivity contribution is -0.114. The lowest BCUT2D eigenvalue weighted by atomic mass is 10.1. The van der Waals surface area contributed by atoms with Gasteiger partial charge in [-0.2, -0.15) is 0 Å². The van der Waals surface area contributed by atoms with Crippen molar-refractivity contribution in [1.29, 1.82) is 0 Å². The number of carbonyl (C=O) groups excluding carboxylic acids is 1. The van der Waals surface area contributed by atoms with Crippen molar-refractivity contribution in [1.82, 2.24) is 14.3 Å². The van der Waals surface area contributed by atoms with Crippen molar-refractivity contribution in [3.63, 3.8) is 0 Å². The monoisotopic (exact) mass is 617 g/mol. The number of carbonyl (C=O) groups is 1. The number of halogens is 2. The first-order valence-electron chi connectivity index (χ1n) is 11.5. The van der Waals surface area contributed by atoms with E-state index >= 15 is 4.39 Å². The van der Waals surface area contributed by atoms with Crippen molar-refractivity contribution < 1.29 is 9.18 Å². The van der Waals surface area contributed by atoms with Crippen LogP contribution in [0.1, 0.15) is 38.3 Å². The quantitative estimate of drug-likeness (QED) is 0.416. The average molecular weight is 617 g/mol. The third kappa shape index (κ3) is 4.39. The fourth-order valence-electron chi connectivity index (χ4n) is 4.44. The molecule has 0 spiro atoms. The van der Waals surface area contributed by atoms with Gasteiger partial charge in [0.15, 0.2) is 5.82 Å². The van der Waals surface area contributed by atoms with Crippen LogP contribution in [0.25, 0.3) is 11.4 Å². The van der Waals surface area contributed by atoms with Gasteiger partial charge in [-0.3, -0.25) is 19.2 Å². The number of hydrogen-bond acceptors (Lipinski definition) is 7. The zero-order valence-electron chi connectivity index (χ0n) is 20.2. The van der Waals surface area contributed by atoms with Crippen molar-refractivity contribution in [3.05, 3.63) is 89.2 Å². The minimum atomic E-state index is -0.710. The molecule has 2 aliphatic rings. The van der Waals surface area contributed by atoms with Gasteiger partial charge in [-0.15, -0.1) is 0 Å². The van der Waals surface area contributed by atoms with E-state index in [0.717, 1.165) is 14.1 Å². The summed E-state index contributed by atoms with van der Waals surface area (Å²) in [6, 6.07) is 10.9. The SMILES string of the molecule is CC(=O)Nc1cccc(NC2=C(C)N([O-])N(C)c3c2c(=O)n(C2CC2)c(=O)n3-c2ccc(I)cc2F)c1. The largest absolute Gasteiger partial charge is 0.739 e. The second-order valence-electron chi connectivity index (χ2n) is 8.96. The minimum Gasteiger partial charge on any atom is -0.739 e. The number of aromatic nitrogens is 2. The maximum absolute atomic E-state index is 15.2. The second-order valence-corrected chi connectivity index (χ2v) is 10.2. The molecule has 1 aromatic heterocycles. The van der Waals surface area contributed by atoms with Gasteiger partial charge in [-0.1, -0.05) is 6.07 Å². The number of nitrogens with one attached hydrogen (secondary N) is 2. The van der Waals surface area contributed by atoms with Gasteiger partial charge in [0, 0.05) is 40.7 Å². The number of anilines is 3. The van der Waals surface area contributed by atoms with E-state index in [1.807, 2.05) is 22.6 Å². The Morgan fingerprint density at radius 1 is 1.14 bits per heavy atom. The van der Waals surface area contributed by atoms with E-state index in [-0.39, 0.29) is 40.4 Å². The average Bonchev–Trinajstić information content (AvgIpc) is 3.66. The predicted octanol–water partition coefficient (Wildman–Crippen LogP) is 4.00. The molecule has 1 aliphatic carbocycles. The van der Waals surface area contributed by atoms with E-state index < -0.39 is 17.1 Å². The van der Waals surface area contributed by atoms with Crippen molar-refractivity contribution in [2.45, 2.75) is 32.7 Å².